The Morgan fingerprint density at radius 2 is 1.95 bits per heavy atom. The van der Waals surface area contributed by atoms with Crippen LogP contribution >= 0.6 is 0 Å². The molecule has 1 N–H and O–H groups in total. The van der Waals surface area contributed by atoms with Crippen LogP contribution in [0.15, 0.2) is 0 Å². The Kier molecular flexibility index (Phi) is 3.90. The second-order valence-corrected chi connectivity index (χ2v) is 7.19. The number of nitrogens with zero attached hydrogens (tertiary/aromatic N) is 2. The van der Waals surface area contributed by atoms with E-state index in [0.717, 1.165) is 57.2 Å². The number of rotatable bonds is 2. The molecule has 5 heteroatoms. The smallest absolute Gasteiger partial charge is 0.242 e. The number of nitrogens with one attached hydrogen (secondary N) is 1. The highest BCUT2D eigenvalue weighted by molar-refractivity contribution is 5.82. The zero-order valence-corrected chi connectivity index (χ0v) is 12.8. The summed E-state index contributed by atoms with van der Waals surface area (Å²) in [6, 6.07) is 0.699. The number of hydrogen-bond acceptors (Lipinski definition) is 4. The summed E-state index contributed by atoms with van der Waals surface area (Å²) in [5, 5.41) is 3.27. The molecule has 4 unspecified atom stereocenters. The molecule has 0 radical (unpaired) electrons. The minimum absolute atomic E-state index is 0.118. The van der Waals surface area contributed by atoms with E-state index in [1.165, 1.54) is 25.7 Å². The number of piperazine rings is 1. The molecule has 4 rings (SSSR count). The van der Waals surface area contributed by atoms with Crippen molar-refractivity contribution < 1.29 is 9.53 Å². The number of morpholine rings is 1. The summed E-state index contributed by atoms with van der Waals surface area (Å²) in [7, 11) is 0. The molecule has 5 nitrogen and oxygen atoms in total. The molecule has 0 aromatic heterocycles. The van der Waals surface area contributed by atoms with Crippen molar-refractivity contribution in [1.29, 1.82) is 0 Å². The predicted molar refractivity (Wildman–Crippen MR) is 80.0 cm³/mol. The van der Waals surface area contributed by atoms with Gasteiger partial charge in [0.25, 0.3) is 0 Å². The monoisotopic (exact) mass is 293 g/mol. The maximum Gasteiger partial charge on any atom is 0.242 e. The van der Waals surface area contributed by atoms with E-state index in [-0.39, 0.29) is 11.9 Å². The number of ether oxygens (including phenoxy) is 1. The molecule has 4 atom stereocenters. The topological polar surface area (TPSA) is 44.8 Å². The molecular weight excluding hydrogens is 266 g/mol. The van der Waals surface area contributed by atoms with Gasteiger partial charge in [-0.05, 0) is 31.1 Å². The van der Waals surface area contributed by atoms with Crippen molar-refractivity contribution in [3.63, 3.8) is 0 Å². The summed E-state index contributed by atoms with van der Waals surface area (Å²) in [4.78, 5) is 17.2. The third-order valence-electron chi connectivity index (χ3n) is 6.02. The van der Waals surface area contributed by atoms with Crippen LogP contribution in [0.25, 0.3) is 0 Å². The SMILES string of the molecule is O=C(C1COCCN1)N1CCN(C2CC3CCC2C3)CC1. The van der Waals surface area contributed by atoms with Crippen molar-refractivity contribution in [3.8, 4) is 0 Å². The summed E-state index contributed by atoms with van der Waals surface area (Å²) < 4.78 is 5.41. The number of carbonyl (C=O) groups is 1. The van der Waals surface area contributed by atoms with Gasteiger partial charge in [0.1, 0.15) is 6.04 Å². The highest BCUT2D eigenvalue weighted by Crippen LogP contribution is 2.46. The number of fused-ring (bicyclic) bond motifs is 2. The first-order valence-electron chi connectivity index (χ1n) is 8.65. The standard InChI is InChI=1S/C16H27N3O2/c20-16(14-11-21-8-3-17-14)19-6-4-18(5-7-19)15-10-12-1-2-13(15)9-12/h12-15,17H,1-11H2. The van der Waals surface area contributed by atoms with Crippen LogP contribution in [0, 0.1) is 11.8 Å². The van der Waals surface area contributed by atoms with E-state index in [1.807, 2.05) is 4.90 Å². The van der Waals surface area contributed by atoms with E-state index >= 15 is 0 Å². The third kappa shape index (κ3) is 2.71. The van der Waals surface area contributed by atoms with Gasteiger partial charge in [0.15, 0.2) is 0 Å². The molecule has 2 aliphatic heterocycles. The fourth-order valence-electron chi connectivity index (χ4n) is 4.88. The summed E-state index contributed by atoms with van der Waals surface area (Å²) in [6.07, 6.45) is 5.79. The maximum atomic E-state index is 12.5. The van der Waals surface area contributed by atoms with E-state index in [2.05, 4.69) is 10.2 Å². The first kappa shape index (κ1) is 14.0. The molecule has 4 aliphatic rings. The lowest BCUT2D eigenvalue weighted by molar-refractivity contribution is -0.138. The molecule has 1 amide bonds. The van der Waals surface area contributed by atoms with Crippen LogP contribution in [0.3, 0.4) is 0 Å². The molecular formula is C16H27N3O2. The first-order valence-corrected chi connectivity index (χ1v) is 8.65. The second-order valence-electron chi connectivity index (χ2n) is 7.19. The first-order chi connectivity index (χ1) is 10.3. The van der Waals surface area contributed by atoms with Gasteiger partial charge < -0.3 is 15.0 Å². The average Bonchev–Trinajstić information content (AvgIpc) is 3.18. The van der Waals surface area contributed by atoms with Crippen molar-refractivity contribution in [1.82, 2.24) is 15.1 Å². The van der Waals surface area contributed by atoms with Gasteiger partial charge in [0.05, 0.1) is 13.2 Å². The van der Waals surface area contributed by atoms with Gasteiger partial charge in [0, 0.05) is 38.8 Å². The second kappa shape index (κ2) is 5.86. The number of carbonyl (C=O) groups excluding carboxylic acids is 1. The predicted octanol–water partition coefficient (Wildman–Crippen LogP) is 0.308. The number of amides is 1. The van der Waals surface area contributed by atoms with E-state index in [0.29, 0.717) is 6.61 Å². The lowest BCUT2D eigenvalue weighted by atomic mass is 9.93. The summed E-state index contributed by atoms with van der Waals surface area (Å²) in [6.45, 7) is 5.96. The molecule has 2 heterocycles. The molecule has 4 fully saturated rings. The van der Waals surface area contributed by atoms with Crippen LogP contribution in [0.4, 0.5) is 0 Å². The van der Waals surface area contributed by atoms with Gasteiger partial charge in [0.2, 0.25) is 5.91 Å². The molecule has 2 bridgehead atoms. The van der Waals surface area contributed by atoms with Crippen molar-refractivity contribution in [2.24, 2.45) is 11.8 Å². The van der Waals surface area contributed by atoms with Crippen LogP contribution < -0.4 is 5.32 Å². The van der Waals surface area contributed by atoms with Crippen LogP contribution in [-0.2, 0) is 9.53 Å². The quantitative estimate of drug-likeness (QED) is 0.796. The van der Waals surface area contributed by atoms with E-state index in [9.17, 15) is 4.79 Å². The molecule has 118 valence electrons. The zero-order chi connectivity index (χ0) is 14.2. The molecule has 2 saturated heterocycles. The average molecular weight is 293 g/mol. The Balaban J connectivity index is 1.29. The fourth-order valence-corrected chi connectivity index (χ4v) is 4.88. The number of hydrogen-bond donors (Lipinski definition) is 1. The molecule has 21 heavy (non-hydrogen) atoms. The fraction of sp³-hybridized carbons (Fsp3) is 0.938. The van der Waals surface area contributed by atoms with Gasteiger partial charge in [-0.25, -0.2) is 0 Å². The maximum absolute atomic E-state index is 12.5. The minimum Gasteiger partial charge on any atom is -0.378 e. The highest BCUT2D eigenvalue weighted by atomic mass is 16.5. The van der Waals surface area contributed by atoms with E-state index < -0.39 is 0 Å². The zero-order valence-electron chi connectivity index (χ0n) is 12.8. The van der Waals surface area contributed by atoms with Crippen molar-refractivity contribution in [2.75, 3.05) is 45.9 Å². The van der Waals surface area contributed by atoms with Gasteiger partial charge in [-0.3, -0.25) is 9.69 Å². The van der Waals surface area contributed by atoms with Crippen molar-refractivity contribution in [2.45, 2.75) is 37.8 Å². The summed E-state index contributed by atoms with van der Waals surface area (Å²) in [5.41, 5.74) is 0. The Hall–Kier alpha value is -0.650. The molecule has 2 saturated carbocycles. The van der Waals surface area contributed by atoms with Crippen molar-refractivity contribution >= 4 is 5.91 Å². The molecule has 0 aromatic carbocycles. The van der Waals surface area contributed by atoms with Gasteiger partial charge >= 0.3 is 0 Å². The lowest BCUT2D eigenvalue weighted by Gasteiger charge is -2.42. The molecule has 0 aromatic rings. The van der Waals surface area contributed by atoms with E-state index in [4.69, 9.17) is 4.74 Å². The van der Waals surface area contributed by atoms with Gasteiger partial charge in [-0.1, -0.05) is 6.42 Å². The third-order valence-corrected chi connectivity index (χ3v) is 6.02. The lowest BCUT2D eigenvalue weighted by Crippen LogP contribution is -2.58. The Morgan fingerprint density at radius 1 is 1.10 bits per heavy atom. The minimum atomic E-state index is -0.118. The Labute approximate surface area is 127 Å². The Bertz CT molecular complexity index is 389. The summed E-state index contributed by atoms with van der Waals surface area (Å²) >= 11 is 0. The highest BCUT2D eigenvalue weighted by Gasteiger charge is 2.43. The molecule has 0 spiro atoms. The van der Waals surface area contributed by atoms with Gasteiger partial charge in [-0.2, -0.15) is 0 Å². The van der Waals surface area contributed by atoms with Crippen molar-refractivity contribution in [3.05, 3.63) is 0 Å². The van der Waals surface area contributed by atoms with Gasteiger partial charge in [-0.15, -0.1) is 0 Å². The summed E-state index contributed by atoms with van der Waals surface area (Å²) in [5.74, 6) is 2.19. The normalized spacial score (nSPS) is 40.7. The molecule has 2 aliphatic carbocycles. The van der Waals surface area contributed by atoms with Crippen LogP contribution in [-0.4, -0.2) is 73.7 Å². The largest absolute Gasteiger partial charge is 0.378 e. The van der Waals surface area contributed by atoms with Crippen LogP contribution in [0.1, 0.15) is 25.7 Å². The van der Waals surface area contributed by atoms with Crippen LogP contribution in [0.2, 0.25) is 0 Å². The van der Waals surface area contributed by atoms with E-state index in [1.54, 1.807) is 0 Å². The van der Waals surface area contributed by atoms with Crippen LogP contribution in [0.5, 0.6) is 0 Å². The Morgan fingerprint density at radius 3 is 2.57 bits per heavy atom.